The van der Waals surface area contributed by atoms with Crippen molar-refractivity contribution < 1.29 is 19.4 Å². The summed E-state index contributed by atoms with van der Waals surface area (Å²) in [7, 11) is 1.79. The number of carbonyl (C=O) groups is 1. The lowest BCUT2D eigenvalue weighted by atomic mass is 9.88. The van der Waals surface area contributed by atoms with E-state index in [1.165, 1.54) is 0 Å². The molecular formula is C27H32N6O4. The molecule has 1 aromatic carbocycles. The van der Waals surface area contributed by atoms with E-state index in [1.54, 1.807) is 24.9 Å². The molecule has 194 valence electrons. The number of ether oxygens (including phenoxy) is 2. The third-order valence-corrected chi connectivity index (χ3v) is 6.70. The highest BCUT2D eigenvalue weighted by atomic mass is 16.6. The number of piperidine rings is 1. The Morgan fingerprint density at radius 1 is 1.27 bits per heavy atom. The third kappa shape index (κ3) is 4.79. The van der Waals surface area contributed by atoms with Gasteiger partial charge in [-0.2, -0.15) is 10.4 Å². The SMILES string of the molecule is C[C@@H](O)COc1cc(-c2ccc(N3CC4CC(C3)N4C(=O)OC(C)(C)C)nc2)c2c(C#N)nn(C)c2c1. The van der Waals surface area contributed by atoms with E-state index < -0.39 is 11.7 Å². The highest BCUT2D eigenvalue weighted by Crippen LogP contribution is 2.38. The summed E-state index contributed by atoms with van der Waals surface area (Å²) in [4.78, 5) is 21.4. The molecule has 6 rings (SSSR count). The molecule has 3 saturated heterocycles. The Hall–Kier alpha value is -3.84. The van der Waals surface area contributed by atoms with Gasteiger partial charge in [-0.1, -0.05) is 0 Å². The minimum absolute atomic E-state index is 0.117. The molecule has 10 heteroatoms. The van der Waals surface area contributed by atoms with Gasteiger partial charge in [0.2, 0.25) is 0 Å². The molecule has 2 unspecified atom stereocenters. The number of hydrogen-bond donors (Lipinski definition) is 1. The number of aliphatic hydroxyl groups is 1. The van der Waals surface area contributed by atoms with Crippen LogP contribution in [0.5, 0.6) is 5.75 Å². The number of aryl methyl sites for hydroxylation is 1. The van der Waals surface area contributed by atoms with Gasteiger partial charge in [-0.3, -0.25) is 9.58 Å². The van der Waals surface area contributed by atoms with Crippen molar-refractivity contribution in [3.63, 3.8) is 0 Å². The van der Waals surface area contributed by atoms with Gasteiger partial charge in [0.05, 0.1) is 23.7 Å². The minimum Gasteiger partial charge on any atom is -0.491 e. The van der Waals surface area contributed by atoms with Gasteiger partial charge in [0, 0.05) is 43.4 Å². The first-order valence-corrected chi connectivity index (χ1v) is 12.5. The first kappa shape index (κ1) is 24.8. The molecule has 10 nitrogen and oxygen atoms in total. The van der Waals surface area contributed by atoms with Crippen LogP contribution < -0.4 is 9.64 Å². The Balaban J connectivity index is 1.39. The smallest absolute Gasteiger partial charge is 0.410 e. The monoisotopic (exact) mass is 504 g/mol. The van der Waals surface area contributed by atoms with Gasteiger partial charge in [-0.15, -0.1) is 0 Å². The second kappa shape index (κ2) is 9.23. The van der Waals surface area contributed by atoms with Crippen LogP contribution in [0.25, 0.3) is 22.0 Å². The van der Waals surface area contributed by atoms with Crippen LogP contribution in [-0.2, 0) is 11.8 Å². The summed E-state index contributed by atoms with van der Waals surface area (Å²) >= 11 is 0. The molecule has 0 saturated carbocycles. The van der Waals surface area contributed by atoms with Crippen molar-refractivity contribution in [1.29, 1.82) is 5.26 Å². The van der Waals surface area contributed by atoms with Gasteiger partial charge in [-0.25, -0.2) is 9.78 Å². The molecule has 5 heterocycles. The van der Waals surface area contributed by atoms with Crippen LogP contribution in [0.1, 0.15) is 39.8 Å². The number of aliphatic hydroxyl groups excluding tert-OH is 1. The number of nitriles is 1. The second-order valence-corrected chi connectivity index (χ2v) is 10.9. The lowest BCUT2D eigenvalue weighted by molar-refractivity contribution is -0.0380. The molecular weight excluding hydrogens is 472 g/mol. The van der Waals surface area contributed by atoms with E-state index in [-0.39, 0.29) is 24.8 Å². The quantitative estimate of drug-likeness (QED) is 0.562. The molecule has 0 radical (unpaired) electrons. The summed E-state index contributed by atoms with van der Waals surface area (Å²) in [5.41, 5.74) is 2.20. The molecule has 3 aromatic rings. The van der Waals surface area contributed by atoms with Crippen LogP contribution in [0.15, 0.2) is 30.5 Å². The van der Waals surface area contributed by atoms with E-state index in [4.69, 9.17) is 14.5 Å². The van der Waals surface area contributed by atoms with Gasteiger partial charge < -0.3 is 19.5 Å². The first-order valence-electron chi connectivity index (χ1n) is 12.5. The molecule has 3 aliphatic heterocycles. The van der Waals surface area contributed by atoms with E-state index in [2.05, 4.69) is 16.1 Å². The maximum absolute atomic E-state index is 12.6. The number of piperazine rings is 1. The number of benzene rings is 1. The van der Waals surface area contributed by atoms with E-state index in [0.717, 1.165) is 34.3 Å². The molecule has 2 bridgehead atoms. The van der Waals surface area contributed by atoms with Crippen molar-refractivity contribution in [2.75, 3.05) is 24.6 Å². The zero-order valence-electron chi connectivity index (χ0n) is 21.8. The standard InChI is InChI=1S/C27H32N6O4/c1-16(34)15-36-20-9-21(25-22(11-28)30-31(5)23(25)10-20)17-6-7-24(29-12-17)32-13-18-8-19(14-32)33(18)26(35)37-27(2,3)4/h6-7,9-10,12,16,18-19,34H,8,13-15H2,1-5H3/t16-,18?,19?/m1/s1. The van der Waals surface area contributed by atoms with Crippen molar-refractivity contribution in [2.45, 2.75) is 57.9 Å². The summed E-state index contributed by atoms with van der Waals surface area (Å²) in [6, 6.07) is 10.1. The van der Waals surface area contributed by atoms with Crippen LogP contribution in [-0.4, -0.2) is 74.3 Å². The maximum Gasteiger partial charge on any atom is 0.410 e. The fraction of sp³-hybridized carbons (Fsp3) is 0.481. The molecule has 3 aliphatic rings. The van der Waals surface area contributed by atoms with Crippen LogP contribution in [0.2, 0.25) is 0 Å². The first-order chi connectivity index (χ1) is 17.5. The lowest BCUT2D eigenvalue weighted by Gasteiger charge is -2.56. The van der Waals surface area contributed by atoms with Crippen molar-refractivity contribution in [2.24, 2.45) is 7.05 Å². The van der Waals surface area contributed by atoms with Crippen LogP contribution in [0.4, 0.5) is 10.6 Å². The average Bonchev–Trinajstić information content (AvgIpc) is 3.16. The summed E-state index contributed by atoms with van der Waals surface area (Å²) in [6.07, 6.45) is 1.91. The number of aromatic nitrogens is 3. The van der Waals surface area contributed by atoms with Crippen LogP contribution >= 0.6 is 0 Å². The van der Waals surface area contributed by atoms with Crippen LogP contribution in [0, 0.1) is 11.3 Å². The Kier molecular flexibility index (Phi) is 6.20. The van der Waals surface area contributed by atoms with Crippen molar-refractivity contribution in [3.05, 3.63) is 36.2 Å². The zero-order valence-corrected chi connectivity index (χ0v) is 21.8. The molecule has 1 amide bonds. The van der Waals surface area contributed by atoms with Gasteiger partial charge in [-0.05, 0) is 57.9 Å². The Labute approximate surface area is 216 Å². The third-order valence-electron chi connectivity index (χ3n) is 6.70. The largest absolute Gasteiger partial charge is 0.491 e. The Morgan fingerprint density at radius 2 is 2.00 bits per heavy atom. The number of carbonyl (C=O) groups excluding carboxylic acids is 1. The highest BCUT2D eigenvalue weighted by Gasteiger charge is 2.49. The fourth-order valence-corrected chi connectivity index (χ4v) is 5.11. The fourth-order valence-electron chi connectivity index (χ4n) is 5.11. The molecule has 0 spiro atoms. The topological polar surface area (TPSA) is 117 Å². The van der Waals surface area contributed by atoms with Crippen molar-refractivity contribution in [3.8, 4) is 22.9 Å². The molecule has 3 fully saturated rings. The lowest BCUT2D eigenvalue weighted by Crippen LogP contribution is -2.70. The van der Waals surface area contributed by atoms with E-state index in [9.17, 15) is 15.2 Å². The predicted octanol–water partition coefficient (Wildman–Crippen LogP) is 3.46. The molecule has 37 heavy (non-hydrogen) atoms. The highest BCUT2D eigenvalue weighted by molar-refractivity contribution is 5.99. The minimum atomic E-state index is -0.608. The summed E-state index contributed by atoms with van der Waals surface area (Å²) in [6.45, 7) is 8.87. The van der Waals surface area contributed by atoms with E-state index in [0.29, 0.717) is 24.5 Å². The van der Waals surface area contributed by atoms with Crippen molar-refractivity contribution >= 4 is 22.8 Å². The number of fused-ring (bicyclic) bond motifs is 3. The van der Waals surface area contributed by atoms with E-state index >= 15 is 0 Å². The zero-order chi connectivity index (χ0) is 26.5. The van der Waals surface area contributed by atoms with Gasteiger partial charge in [0.15, 0.2) is 5.69 Å². The molecule has 0 aliphatic carbocycles. The summed E-state index contributed by atoms with van der Waals surface area (Å²) in [5.74, 6) is 1.42. The summed E-state index contributed by atoms with van der Waals surface area (Å²) < 4.78 is 13.0. The van der Waals surface area contributed by atoms with Crippen molar-refractivity contribution in [1.82, 2.24) is 19.7 Å². The average molecular weight is 505 g/mol. The van der Waals surface area contributed by atoms with Gasteiger partial charge >= 0.3 is 6.09 Å². The Morgan fingerprint density at radius 3 is 2.59 bits per heavy atom. The molecule has 1 N–H and O–H groups in total. The molecule has 2 aromatic heterocycles. The Bertz CT molecular complexity index is 1360. The number of amides is 1. The number of anilines is 1. The molecule has 3 atom stereocenters. The van der Waals surface area contributed by atoms with E-state index in [1.807, 2.05) is 49.9 Å². The maximum atomic E-state index is 12.6. The van der Waals surface area contributed by atoms with Gasteiger partial charge in [0.25, 0.3) is 0 Å². The number of pyridine rings is 1. The summed E-state index contributed by atoms with van der Waals surface area (Å²) in [5, 5.41) is 24.4. The number of nitrogens with zero attached hydrogens (tertiary/aromatic N) is 6. The number of hydrogen-bond acceptors (Lipinski definition) is 8. The normalized spacial score (nSPS) is 19.8. The second-order valence-electron chi connectivity index (χ2n) is 10.9. The van der Waals surface area contributed by atoms with Crippen LogP contribution in [0.3, 0.4) is 0 Å². The van der Waals surface area contributed by atoms with Gasteiger partial charge in [0.1, 0.15) is 29.8 Å². The predicted molar refractivity (Wildman–Crippen MR) is 138 cm³/mol. The number of rotatable bonds is 5.